The van der Waals surface area contributed by atoms with E-state index in [0.717, 1.165) is 25.7 Å². The number of nitrogens with one attached hydrogen (secondary N) is 1. The van der Waals surface area contributed by atoms with E-state index in [1.165, 1.54) is 19.3 Å². The monoisotopic (exact) mass is 241 g/mol. The second kappa shape index (κ2) is 10.6. The maximum atomic E-state index is 11.8. The van der Waals surface area contributed by atoms with E-state index in [1.807, 2.05) is 0 Å². The lowest BCUT2D eigenvalue weighted by molar-refractivity contribution is -0.122. The van der Waals surface area contributed by atoms with E-state index >= 15 is 0 Å². The van der Waals surface area contributed by atoms with Crippen molar-refractivity contribution in [3.8, 4) is 0 Å². The van der Waals surface area contributed by atoms with Crippen LogP contribution in [0.3, 0.4) is 0 Å². The fraction of sp³-hybridized carbons (Fsp3) is 0.933. The Hall–Kier alpha value is -0.530. The Bertz CT molecular complexity index is 191. The van der Waals surface area contributed by atoms with Gasteiger partial charge in [-0.25, -0.2) is 0 Å². The van der Waals surface area contributed by atoms with Crippen molar-refractivity contribution in [1.29, 1.82) is 0 Å². The summed E-state index contributed by atoms with van der Waals surface area (Å²) in [5, 5.41) is 3.22. The highest BCUT2D eigenvalue weighted by Gasteiger charge is 2.17. The van der Waals surface area contributed by atoms with Gasteiger partial charge in [0.25, 0.3) is 0 Å². The zero-order valence-electron chi connectivity index (χ0n) is 12.2. The summed E-state index contributed by atoms with van der Waals surface area (Å²) in [6.45, 7) is 8.82. The van der Waals surface area contributed by atoms with E-state index in [4.69, 9.17) is 0 Å². The maximum absolute atomic E-state index is 11.8. The molecule has 17 heavy (non-hydrogen) atoms. The molecule has 0 saturated carbocycles. The van der Waals surface area contributed by atoms with Crippen molar-refractivity contribution in [2.24, 2.45) is 5.92 Å². The Labute approximate surface area is 108 Å². The minimum atomic E-state index is 0.244. The smallest absolute Gasteiger partial charge is 0.220 e. The number of rotatable bonds is 10. The van der Waals surface area contributed by atoms with Crippen molar-refractivity contribution in [3.05, 3.63) is 0 Å². The number of hydrogen-bond acceptors (Lipinski definition) is 1. The summed E-state index contributed by atoms with van der Waals surface area (Å²) in [7, 11) is 0. The molecular formula is C15H31NO. The van der Waals surface area contributed by atoms with Crippen molar-refractivity contribution in [2.75, 3.05) is 0 Å². The van der Waals surface area contributed by atoms with Gasteiger partial charge >= 0.3 is 0 Å². The maximum Gasteiger partial charge on any atom is 0.220 e. The van der Waals surface area contributed by atoms with Crippen LogP contribution in [0.5, 0.6) is 0 Å². The van der Waals surface area contributed by atoms with E-state index in [1.54, 1.807) is 0 Å². The first-order chi connectivity index (χ1) is 8.15. The second-order valence-corrected chi connectivity index (χ2v) is 5.19. The molecule has 0 fully saturated rings. The van der Waals surface area contributed by atoms with Crippen LogP contribution in [0, 0.1) is 5.92 Å². The lowest BCUT2D eigenvalue weighted by atomic mass is 9.92. The minimum absolute atomic E-state index is 0.244. The number of carbonyl (C=O) groups excluding carboxylic acids is 1. The highest BCUT2D eigenvalue weighted by Crippen LogP contribution is 2.16. The number of amides is 1. The largest absolute Gasteiger partial charge is 0.353 e. The van der Waals surface area contributed by atoms with Gasteiger partial charge in [-0.15, -0.1) is 0 Å². The molecule has 0 aliphatic carbocycles. The minimum Gasteiger partial charge on any atom is -0.353 e. The third-order valence-corrected chi connectivity index (χ3v) is 3.40. The van der Waals surface area contributed by atoms with Gasteiger partial charge in [0.15, 0.2) is 0 Å². The fourth-order valence-corrected chi connectivity index (χ4v) is 2.15. The normalized spacial score (nSPS) is 14.4. The van der Waals surface area contributed by atoms with Crippen molar-refractivity contribution in [1.82, 2.24) is 5.32 Å². The van der Waals surface area contributed by atoms with Crippen LogP contribution in [0.4, 0.5) is 0 Å². The van der Waals surface area contributed by atoms with Crippen LogP contribution < -0.4 is 5.32 Å². The first kappa shape index (κ1) is 16.5. The van der Waals surface area contributed by atoms with Crippen LogP contribution in [0.25, 0.3) is 0 Å². The molecule has 0 aliphatic rings. The van der Waals surface area contributed by atoms with Crippen molar-refractivity contribution in [2.45, 2.75) is 85.1 Å². The van der Waals surface area contributed by atoms with Crippen molar-refractivity contribution >= 4 is 5.91 Å². The predicted molar refractivity (Wildman–Crippen MR) is 75.1 cm³/mol. The number of carbonyl (C=O) groups is 1. The Morgan fingerprint density at radius 1 is 1.00 bits per heavy atom. The molecule has 2 unspecified atom stereocenters. The summed E-state index contributed by atoms with van der Waals surface area (Å²) in [6.07, 6.45) is 8.80. The Morgan fingerprint density at radius 2 is 1.65 bits per heavy atom. The van der Waals surface area contributed by atoms with Gasteiger partial charge in [-0.3, -0.25) is 4.79 Å². The van der Waals surface area contributed by atoms with Gasteiger partial charge in [0.05, 0.1) is 0 Å². The van der Waals surface area contributed by atoms with Gasteiger partial charge in [-0.2, -0.15) is 0 Å². The molecule has 0 radical (unpaired) electrons. The first-order valence-electron chi connectivity index (χ1n) is 7.44. The standard InChI is InChI=1S/C15H31NO/c1-5-8-11-13(4)14(10-7-3)16-15(17)12-9-6-2/h13-14H,5-12H2,1-4H3,(H,16,17). The molecule has 0 rings (SSSR count). The molecule has 0 heterocycles. The Balaban J connectivity index is 4.07. The molecule has 2 atom stereocenters. The summed E-state index contributed by atoms with van der Waals surface area (Å²) in [5.41, 5.74) is 0. The summed E-state index contributed by atoms with van der Waals surface area (Å²) in [6, 6.07) is 0.385. The SMILES string of the molecule is CCCCC(=O)NC(CCC)C(C)CCCC. The molecule has 2 heteroatoms. The lowest BCUT2D eigenvalue weighted by Crippen LogP contribution is -2.39. The molecule has 0 aromatic carbocycles. The van der Waals surface area contributed by atoms with Crippen molar-refractivity contribution in [3.63, 3.8) is 0 Å². The molecular weight excluding hydrogens is 210 g/mol. The molecule has 1 amide bonds. The zero-order valence-corrected chi connectivity index (χ0v) is 12.2. The first-order valence-corrected chi connectivity index (χ1v) is 7.44. The average molecular weight is 241 g/mol. The van der Waals surface area contributed by atoms with Gasteiger partial charge in [0, 0.05) is 12.5 Å². The molecule has 0 aromatic rings. The molecule has 1 N–H and O–H groups in total. The van der Waals surface area contributed by atoms with Crippen molar-refractivity contribution < 1.29 is 4.79 Å². The van der Waals surface area contributed by atoms with E-state index in [2.05, 4.69) is 33.0 Å². The van der Waals surface area contributed by atoms with Gasteiger partial charge in [-0.1, -0.05) is 53.4 Å². The van der Waals surface area contributed by atoms with E-state index < -0.39 is 0 Å². The Morgan fingerprint density at radius 3 is 2.18 bits per heavy atom. The van der Waals surface area contributed by atoms with Crippen LogP contribution in [-0.2, 0) is 4.79 Å². The number of unbranched alkanes of at least 4 members (excludes halogenated alkanes) is 2. The average Bonchev–Trinajstić information content (AvgIpc) is 2.32. The van der Waals surface area contributed by atoms with Crippen LogP contribution in [0.2, 0.25) is 0 Å². The predicted octanol–water partition coefficient (Wildman–Crippen LogP) is 4.29. The highest BCUT2D eigenvalue weighted by atomic mass is 16.1. The van der Waals surface area contributed by atoms with E-state index in [-0.39, 0.29) is 5.91 Å². The summed E-state index contributed by atoms with van der Waals surface area (Å²) >= 11 is 0. The van der Waals surface area contributed by atoms with E-state index in [9.17, 15) is 4.79 Å². The topological polar surface area (TPSA) is 29.1 Å². The summed E-state index contributed by atoms with van der Waals surface area (Å²) in [5.74, 6) is 0.856. The second-order valence-electron chi connectivity index (χ2n) is 5.19. The van der Waals surface area contributed by atoms with Crippen LogP contribution in [-0.4, -0.2) is 11.9 Å². The van der Waals surface area contributed by atoms with Gasteiger partial charge < -0.3 is 5.32 Å². The van der Waals surface area contributed by atoms with E-state index in [0.29, 0.717) is 18.4 Å². The molecule has 2 nitrogen and oxygen atoms in total. The molecule has 102 valence electrons. The van der Waals surface area contributed by atoms with Gasteiger partial charge in [-0.05, 0) is 25.2 Å². The fourth-order valence-electron chi connectivity index (χ4n) is 2.15. The third kappa shape index (κ3) is 8.23. The molecule has 0 aromatic heterocycles. The third-order valence-electron chi connectivity index (χ3n) is 3.40. The van der Waals surface area contributed by atoms with Gasteiger partial charge in [0.1, 0.15) is 0 Å². The van der Waals surface area contributed by atoms with Gasteiger partial charge in [0.2, 0.25) is 5.91 Å². The summed E-state index contributed by atoms with van der Waals surface area (Å²) in [4.78, 5) is 11.8. The zero-order chi connectivity index (χ0) is 13.1. The van der Waals surface area contributed by atoms with Crippen LogP contribution >= 0.6 is 0 Å². The summed E-state index contributed by atoms with van der Waals surface area (Å²) < 4.78 is 0. The van der Waals surface area contributed by atoms with Crippen LogP contribution in [0.1, 0.15) is 79.1 Å². The number of hydrogen-bond donors (Lipinski definition) is 1. The molecule has 0 saturated heterocycles. The molecule has 0 spiro atoms. The molecule has 0 aliphatic heterocycles. The van der Waals surface area contributed by atoms with Crippen LogP contribution in [0.15, 0.2) is 0 Å². The quantitative estimate of drug-likeness (QED) is 0.607. The highest BCUT2D eigenvalue weighted by molar-refractivity contribution is 5.76. The lowest BCUT2D eigenvalue weighted by Gasteiger charge is -2.25. The Kier molecular flexibility index (Phi) is 10.3. The molecule has 0 bridgehead atoms.